The predicted octanol–water partition coefficient (Wildman–Crippen LogP) is 16.4. The Hall–Kier alpha value is -1.59. The van der Waals surface area contributed by atoms with Crippen LogP contribution in [0.1, 0.15) is 279 Å². The van der Waals surface area contributed by atoms with Crippen LogP contribution in [0.5, 0.6) is 0 Å². The number of unbranched alkanes of at least 4 members (excludes halogenated alkanes) is 26. The molecule has 0 saturated carbocycles. The average Bonchev–Trinajstić information content (AvgIpc) is 3.21. The second kappa shape index (κ2) is 43.5. The van der Waals surface area contributed by atoms with Crippen molar-refractivity contribution in [3.05, 3.63) is 0 Å². The molecule has 0 saturated heterocycles. The molecule has 0 aromatic heterocycles. The van der Waals surface area contributed by atoms with Crippen molar-refractivity contribution in [3.63, 3.8) is 0 Å². The fourth-order valence-corrected chi connectivity index (χ4v) is 7.70. The van der Waals surface area contributed by atoms with Crippen molar-refractivity contribution in [1.29, 1.82) is 0 Å². The largest absolute Gasteiger partial charge is 0.462 e. The Kier molecular flexibility index (Phi) is 42.3. The van der Waals surface area contributed by atoms with Gasteiger partial charge < -0.3 is 14.2 Å². The van der Waals surface area contributed by atoms with Gasteiger partial charge in [0.1, 0.15) is 13.2 Å². The molecule has 6 heteroatoms. The molecule has 0 aliphatic carbocycles. The molecule has 0 fully saturated rings. The van der Waals surface area contributed by atoms with E-state index in [1.165, 1.54) is 161 Å². The molecule has 0 aliphatic heterocycles. The van der Waals surface area contributed by atoms with Crippen molar-refractivity contribution in [2.24, 2.45) is 17.8 Å². The highest BCUT2D eigenvalue weighted by Gasteiger charge is 2.19. The third kappa shape index (κ3) is 42.5. The van der Waals surface area contributed by atoms with Crippen LogP contribution in [0.3, 0.4) is 0 Å². The Morgan fingerprint density at radius 2 is 0.603 bits per heavy atom. The van der Waals surface area contributed by atoms with Crippen LogP contribution in [-0.4, -0.2) is 37.2 Å². The lowest BCUT2D eigenvalue weighted by molar-refractivity contribution is -0.167. The van der Waals surface area contributed by atoms with Gasteiger partial charge in [0.2, 0.25) is 0 Å². The second-order valence-electron chi connectivity index (χ2n) is 18.8. The van der Waals surface area contributed by atoms with Gasteiger partial charge in [0, 0.05) is 19.3 Å². The van der Waals surface area contributed by atoms with Gasteiger partial charge in [0.15, 0.2) is 6.10 Å². The second-order valence-corrected chi connectivity index (χ2v) is 18.8. The van der Waals surface area contributed by atoms with E-state index in [9.17, 15) is 14.4 Å². The van der Waals surface area contributed by atoms with E-state index >= 15 is 0 Å². The van der Waals surface area contributed by atoms with Crippen LogP contribution in [0.25, 0.3) is 0 Å². The Morgan fingerprint density at radius 1 is 0.345 bits per heavy atom. The van der Waals surface area contributed by atoms with Crippen LogP contribution in [0.15, 0.2) is 0 Å². The molecular formula is C52H100O6. The van der Waals surface area contributed by atoms with Gasteiger partial charge in [-0.2, -0.15) is 0 Å². The number of ether oxygens (including phenoxy) is 3. The molecule has 0 radical (unpaired) electrons. The van der Waals surface area contributed by atoms with E-state index in [0.717, 1.165) is 75.5 Å². The normalized spacial score (nSPS) is 13.1. The maximum atomic E-state index is 12.7. The molecule has 0 aliphatic rings. The van der Waals surface area contributed by atoms with Crippen LogP contribution in [0.4, 0.5) is 0 Å². The Bertz CT molecular complexity index is 902. The molecule has 0 heterocycles. The zero-order chi connectivity index (χ0) is 42.7. The van der Waals surface area contributed by atoms with Crippen LogP contribution in [0.2, 0.25) is 0 Å². The Balaban J connectivity index is 4.26. The number of carbonyl (C=O) groups is 3. The van der Waals surface area contributed by atoms with Gasteiger partial charge in [0.05, 0.1) is 0 Å². The summed E-state index contributed by atoms with van der Waals surface area (Å²) in [4.78, 5) is 37.9. The van der Waals surface area contributed by atoms with Crippen molar-refractivity contribution in [2.45, 2.75) is 285 Å². The van der Waals surface area contributed by atoms with Crippen molar-refractivity contribution in [3.8, 4) is 0 Å². The van der Waals surface area contributed by atoms with Gasteiger partial charge in [0.25, 0.3) is 0 Å². The summed E-state index contributed by atoms with van der Waals surface area (Å²) < 4.78 is 16.8. The van der Waals surface area contributed by atoms with Gasteiger partial charge >= 0.3 is 17.9 Å². The molecule has 3 atom stereocenters. The summed E-state index contributed by atoms with van der Waals surface area (Å²) in [6.07, 6.45) is 42.3. The van der Waals surface area contributed by atoms with Crippen LogP contribution in [-0.2, 0) is 28.6 Å². The number of hydrogen-bond acceptors (Lipinski definition) is 6. The lowest BCUT2D eigenvalue weighted by Gasteiger charge is -2.18. The highest BCUT2D eigenvalue weighted by atomic mass is 16.6. The fraction of sp³-hybridized carbons (Fsp3) is 0.942. The van der Waals surface area contributed by atoms with Crippen LogP contribution < -0.4 is 0 Å². The van der Waals surface area contributed by atoms with E-state index in [2.05, 4.69) is 41.5 Å². The van der Waals surface area contributed by atoms with E-state index in [-0.39, 0.29) is 31.1 Å². The molecule has 2 unspecified atom stereocenters. The summed E-state index contributed by atoms with van der Waals surface area (Å²) in [5.74, 6) is 1.65. The first-order valence-electron chi connectivity index (χ1n) is 25.7. The molecule has 0 N–H and O–H groups in total. The number of hydrogen-bond donors (Lipinski definition) is 0. The van der Waals surface area contributed by atoms with Crippen molar-refractivity contribution in [1.82, 2.24) is 0 Å². The Labute approximate surface area is 361 Å². The summed E-state index contributed by atoms with van der Waals surface area (Å²) in [7, 11) is 0. The zero-order valence-electron chi connectivity index (χ0n) is 39.8. The van der Waals surface area contributed by atoms with Gasteiger partial charge in [-0.1, -0.05) is 241 Å². The van der Waals surface area contributed by atoms with Gasteiger partial charge in [-0.3, -0.25) is 14.4 Å². The summed E-state index contributed by atoms with van der Waals surface area (Å²) in [6.45, 7) is 13.7. The first-order chi connectivity index (χ1) is 28.2. The summed E-state index contributed by atoms with van der Waals surface area (Å²) in [5.41, 5.74) is 0. The number of carbonyl (C=O) groups excluding carboxylic acids is 3. The summed E-state index contributed by atoms with van der Waals surface area (Å²) in [6, 6.07) is 0. The minimum atomic E-state index is -0.763. The van der Waals surface area contributed by atoms with Gasteiger partial charge in [-0.05, 0) is 37.0 Å². The third-order valence-corrected chi connectivity index (χ3v) is 12.4. The van der Waals surface area contributed by atoms with Crippen molar-refractivity contribution < 1.29 is 28.6 Å². The SMILES string of the molecule is CCC(C)CCCCCCCCCCC(=O)OC[C@@H](COC(=O)CCCCCCCCCCCCCCCCCC(C)C)OC(=O)CCCCCCCCC(C)CC. The summed E-state index contributed by atoms with van der Waals surface area (Å²) in [5, 5.41) is 0. The van der Waals surface area contributed by atoms with E-state index in [1.54, 1.807) is 0 Å². The molecule has 344 valence electrons. The predicted molar refractivity (Wildman–Crippen MR) is 247 cm³/mol. The standard InChI is InChI=1S/C52H100O6/c1-7-47(5)39-33-27-21-18-19-23-30-36-42-51(54)57-45-49(58-52(55)43-37-31-25-24-28-34-40-48(6)8-2)44-56-50(53)41-35-29-22-17-15-13-11-9-10-12-14-16-20-26-32-38-46(3)4/h46-49H,7-45H2,1-6H3/t47?,48?,49-/m1/s1. The number of esters is 3. The molecule has 58 heavy (non-hydrogen) atoms. The molecule has 0 amide bonds. The van der Waals surface area contributed by atoms with E-state index < -0.39 is 6.10 Å². The summed E-state index contributed by atoms with van der Waals surface area (Å²) >= 11 is 0. The first kappa shape index (κ1) is 56.4. The van der Waals surface area contributed by atoms with Crippen LogP contribution >= 0.6 is 0 Å². The lowest BCUT2D eigenvalue weighted by atomic mass is 9.99. The fourth-order valence-electron chi connectivity index (χ4n) is 7.70. The quantitative estimate of drug-likeness (QED) is 0.0346. The monoisotopic (exact) mass is 821 g/mol. The van der Waals surface area contributed by atoms with Gasteiger partial charge in [-0.25, -0.2) is 0 Å². The molecule has 0 rings (SSSR count). The van der Waals surface area contributed by atoms with Crippen molar-refractivity contribution in [2.75, 3.05) is 13.2 Å². The average molecular weight is 821 g/mol. The van der Waals surface area contributed by atoms with E-state index in [4.69, 9.17) is 14.2 Å². The van der Waals surface area contributed by atoms with E-state index in [1.807, 2.05) is 0 Å². The molecular weight excluding hydrogens is 721 g/mol. The maximum absolute atomic E-state index is 12.7. The molecule has 0 bridgehead atoms. The zero-order valence-corrected chi connectivity index (χ0v) is 39.8. The highest BCUT2D eigenvalue weighted by Crippen LogP contribution is 2.18. The first-order valence-corrected chi connectivity index (χ1v) is 25.7. The maximum Gasteiger partial charge on any atom is 0.306 e. The molecule has 0 spiro atoms. The number of rotatable bonds is 45. The highest BCUT2D eigenvalue weighted by molar-refractivity contribution is 5.71. The van der Waals surface area contributed by atoms with Crippen molar-refractivity contribution >= 4 is 17.9 Å². The van der Waals surface area contributed by atoms with E-state index in [0.29, 0.717) is 19.3 Å². The van der Waals surface area contributed by atoms with Gasteiger partial charge in [-0.15, -0.1) is 0 Å². The third-order valence-electron chi connectivity index (χ3n) is 12.4. The minimum absolute atomic E-state index is 0.0658. The molecule has 0 aromatic rings. The Morgan fingerprint density at radius 3 is 0.897 bits per heavy atom. The topological polar surface area (TPSA) is 78.9 Å². The molecule has 6 nitrogen and oxygen atoms in total. The molecule has 0 aromatic carbocycles. The minimum Gasteiger partial charge on any atom is -0.462 e. The smallest absolute Gasteiger partial charge is 0.306 e. The lowest BCUT2D eigenvalue weighted by Crippen LogP contribution is -2.30. The van der Waals surface area contributed by atoms with Crippen LogP contribution in [0, 0.1) is 17.8 Å².